The molecule has 0 bridgehead atoms. The average Bonchev–Trinajstić information content (AvgIpc) is 3.48. The molecule has 3 aromatic carbocycles. The van der Waals surface area contributed by atoms with Crippen molar-refractivity contribution >= 4 is 64.3 Å². The van der Waals surface area contributed by atoms with Crippen LogP contribution in [0, 0.1) is 0 Å². The SMILES string of the molecule is c1ccc2sccc2c1.c1ccc2sccc2c1.c1ccc2sccc2c1. The lowest BCUT2D eigenvalue weighted by molar-refractivity contribution is 1.86. The van der Waals surface area contributed by atoms with Crippen LogP contribution in [0.25, 0.3) is 30.3 Å². The smallest absolute Gasteiger partial charge is 0.0342 e. The predicted molar refractivity (Wildman–Crippen MR) is 125 cm³/mol. The van der Waals surface area contributed by atoms with Gasteiger partial charge in [0, 0.05) is 14.1 Å². The van der Waals surface area contributed by atoms with Gasteiger partial charge in [-0.3, -0.25) is 0 Å². The fraction of sp³-hybridized carbons (Fsp3) is 0. The molecule has 0 nitrogen and oxygen atoms in total. The predicted octanol–water partition coefficient (Wildman–Crippen LogP) is 8.70. The van der Waals surface area contributed by atoms with Crippen LogP contribution in [0.1, 0.15) is 0 Å². The van der Waals surface area contributed by atoms with Gasteiger partial charge in [0.1, 0.15) is 0 Å². The maximum absolute atomic E-state index is 2.14. The Morgan fingerprint density at radius 2 is 0.630 bits per heavy atom. The van der Waals surface area contributed by atoms with Gasteiger partial charge < -0.3 is 0 Å². The maximum atomic E-state index is 2.14. The Labute approximate surface area is 171 Å². The molecular weight excluding hydrogens is 384 g/mol. The van der Waals surface area contributed by atoms with E-state index in [2.05, 4.69) is 107 Å². The van der Waals surface area contributed by atoms with Gasteiger partial charge in [-0.15, -0.1) is 34.0 Å². The molecule has 0 aliphatic rings. The molecule has 132 valence electrons. The first-order valence-electron chi connectivity index (χ1n) is 8.67. The lowest BCUT2D eigenvalue weighted by atomic mass is 10.3. The standard InChI is InChI=1S/3C8H6S/c3*1-2-4-8-7(3-1)5-6-9-8/h3*1-6H. The molecule has 27 heavy (non-hydrogen) atoms. The van der Waals surface area contributed by atoms with E-state index in [1.54, 1.807) is 34.0 Å². The summed E-state index contributed by atoms with van der Waals surface area (Å²) in [6.07, 6.45) is 0. The molecule has 0 aliphatic carbocycles. The lowest BCUT2D eigenvalue weighted by Gasteiger charge is -1.82. The number of thiophene rings is 3. The molecule has 0 saturated heterocycles. The van der Waals surface area contributed by atoms with Crippen LogP contribution in [0.15, 0.2) is 107 Å². The number of hydrogen-bond donors (Lipinski definition) is 0. The summed E-state index contributed by atoms with van der Waals surface area (Å²) < 4.78 is 4.12. The van der Waals surface area contributed by atoms with Crippen LogP contribution < -0.4 is 0 Å². The number of fused-ring (bicyclic) bond motifs is 3. The molecule has 0 unspecified atom stereocenters. The van der Waals surface area contributed by atoms with Crippen molar-refractivity contribution in [3.05, 3.63) is 107 Å². The first-order valence-corrected chi connectivity index (χ1v) is 11.3. The van der Waals surface area contributed by atoms with Crippen LogP contribution >= 0.6 is 34.0 Å². The van der Waals surface area contributed by atoms with Crippen molar-refractivity contribution in [3.63, 3.8) is 0 Å². The number of benzene rings is 3. The molecule has 0 fully saturated rings. The van der Waals surface area contributed by atoms with Crippen LogP contribution in [0.4, 0.5) is 0 Å². The third kappa shape index (κ3) is 4.64. The highest BCUT2D eigenvalue weighted by molar-refractivity contribution is 7.17. The number of rotatable bonds is 0. The van der Waals surface area contributed by atoms with E-state index in [4.69, 9.17) is 0 Å². The van der Waals surface area contributed by atoms with E-state index in [1.165, 1.54) is 30.3 Å². The quantitative estimate of drug-likeness (QED) is 0.238. The fourth-order valence-corrected chi connectivity index (χ4v) is 5.09. The van der Waals surface area contributed by atoms with Crippen molar-refractivity contribution in [1.82, 2.24) is 0 Å². The second-order valence-corrected chi connectivity index (χ2v) is 8.72. The minimum absolute atomic E-state index is 1.35. The summed E-state index contributed by atoms with van der Waals surface area (Å²) >= 11 is 5.36. The molecule has 3 heterocycles. The summed E-state index contributed by atoms with van der Waals surface area (Å²) in [5.41, 5.74) is 0. The maximum Gasteiger partial charge on any atom is 0.0342 e. The minimum Gasteiger partial charge on any atom is -0.144 e. The summed E-state index contributed by atoms with van der Waals surface area (Å²) in [5.74, 6) is 0. The number of hydrogen-bond acceptors (Lipinski definition) is 3. The molecule has 6 rings (SSSR count). The van der Waals surface area contributed by atoms with E-state index in [0.29, 0.717) is 0 Å². The Kier molecular flexibility index (Phi) is 5.95. The summed E-state index contributed by atoms with van der Waals surface area (Å²) in [6, 6.07) is 31.6. The molecule has 0 N–H and O–H groups in total. The Hall–Kier alpha value is -2.46. The van der Waals surface area contributed by atoms with Gasteiger partial charge in [-0.2, -0.15) is 0 Å². The van der Waals surface area contributed by atoms with Crippen molar-refractivity contribution in [3.8, 4) is 0 Å². The normalized spacial score (nSPS) is 10.2. The van der Waals surface area contributed by atoms with Crippen molar-refractivity contribution in [2.75, 3.05) is 0 Å². The molecular formula is C24H18S3. The van der Waals surface area contributed by atoms with Crippen LogP contribution in [0.3, 0.4) is 0 Å². The van der Waals surface area contributed by atoms with E-state index < -0.39 is 0 Å². The van der Waals surface area contributed by atoms with Gasteiger partial charge >= 0.3 is 0 Å². The van der Waals surface area contributed by atoms with E-state index in [-0.39, 0.29) is 0 Å². The van der Waals surface area contributed by atoms with Crippen molar-refractivity contribution < 1.29 is 0 Å². The summed E-state index contributed by atoms with van der Waals surface area (Å²) in [5, 5.41) is 10.4. The van der Waals surface area contributed by atoms with Crippen LogP contribution in [-0.4, -0.2) is 0 Å². The topological polar surface area (TPSA) is 0 Å². The highest BCUT2D eigenvalue weighted by Crippen LogP contribution is 2.20. The van der Waals surface area contributed by atoms with Crippen LogP contribution in [-0.2, 0) is 0 Å². The van der Waals surface area contributed by atoms with Crippen molar-refractivity contribution in [2.45, 2.75) is 0 Å². The summed E-state index contributed by atoms with van der Waals surface area (Å²) in [7, 11) is 0. The fourth-order valence-electron chi connectivity index (χ4n) is 2.72. The molecule has 0 amide bonds. The largest absolute Gasteiger partial charge is 0.144 e. The third-order valence-electron chi connectivity index (χ3n) is 4.08. The Morgan fingerprint density at radius 1 is 0.333 bits per heavy atom. The molecule has 6 aromatic rings. The van der Waals surface area contributed by atoms with Gasteiger partial charge in [0.25, 0.3) is 0 Å². The molecule has 0 atom stereocenters. The molecule has 0 aliphatic heterocycles. The van der Waals surface area contributed by atoms with Gasteiger partial charge in [-0.25, -0.2) is 0 Å². The Balaban J connectivity index is 0.0000001000. The van der Waals surface area contributed by atoms with Gasteiger partial charge in [0.2, 0.25) is 0 Å². The van der Waals surface area contributed by atoms with Gasteiger partial charge in [-0.05, 0) is 68.7 Å². The highest BCUT2D eigenvalue weighted by atomic mass is 32.1. The average molecular weight is 403 g/mol. The van der Waals surface area contributed by atoms with E-state index in [9.17, 15) is 0 Å². The lowest BCUT2D eigenvalue weighted by Crippen LogP contribution is -1.56. The molecule has 0 radical (unpaired) electrons. The van der Waals surface area contributed by atoms with Gasteiger partial charge in [-0.1, -0.05) is 54.6 Å². The zero-order valence-corrected chi connectivity index (χ0v) is 17.1. The second-order valence-electron chi connectivity index (χ2n) is 5.88. The van der Waals surface area contributed by atoms with E-state index >= 15 is 0 Å². The first kappa shape index (κ1) is 17.9. The van der Waals surface area contributed by atoms with Crippen LogP contribution in [0.2, 0.25) is 0 Å². The minimum atomic E-state index is 1.35. The van der Waals surface area contributed by atoms with Crippen LogP contribution in [0.5, 0.6) is 0 Å². The molecule has 3 heteroatoms. The van der Waals surface area contributed by atoms with Crippen molar-refractivity contribution in [2.24, 2.45) is 0 Å². The Bertz CT molecular complexity index is 993. The van der Waals surface area contributed by atoms with Crippen molar-refractivity contribution in [1.29, 1.82) is 0 Å². The highest BCUT2D eigenvalue weighted by Gasteiger charge is 1.89. The Morgan fingerprint density at radius 3 is 0.926 bits per heavy atom. The van der Waals surface area contributed by atoms with E-state index in [0.717, 1.165) is 0 Å². The third-order valence-corrected chi connectivity index (χ3v) is 6.78. The summed E-state index contributed by atoms with van der Waals surface area (Å²) in [4.78, 5) is 0. The first-order chi connectivity index (χ1) is 13.4. The zero-order chi connectivity index (χ0) is 18.3. The molecule has 0 spiro atoms. The van der Waals surface area contributed by atoms with E-state index in [1.807, 2.05) is 0 Å². The second kappa shape index (κ2) is 8.96. The zero-order valence-electron chi connectivity index (χ0n) is 14.6. The van der Waals surface area contributed by atoms with Gasteiger partial charge in [0.15, 0.2) is 0 Å². The monoisotopic (exact) mass is 402 g/mol. The molecule has 3 aromatic heterocycles. The summed E-state index contributed by atoms with van der Waals surface area (Å²) in [6.45, 7) is 0. The van der Waals surface area contributed by atoms with Gasteiger partial charge in [0.05, 0.1) is 0 Å². The molecule has 0 saturated carbocycles.